The summed E-state index contributed by atoms with van der Waals surface area (Å²) in [6.45, 7) is 9.73. The average Bonchev–Trinajstić information content (AvgIpc) is 4.51. The summed E-state index contributed by atoms with van der Waals surface area (Å²) in [5, 5.41) is 5.42. The Morgan fingerprint density at radius 1 is 0.570 bits per heavy atom. The van der Waals surface area contributed by atoms with Crippen molar-refractivity contribution in [2.24, 2.45) is 11.8 Å². The van der Waals surface area contributed by atoms with Gasteiger partial charge in [0.2, 0.25) is 11.8 Å². The number of piperidine rings is 1. The smallest absolute Gasteiger partial charge is 0.407 e. The van der Waals surface area contributed by atoms with Crippen LogP contribution in [0.3, 0.4) is 0 Å². The van der Waals surface area contributed by atoms with Crippen LogP contribution in [0.2, 0.25) is 0 Å². The molecule has 6 heterocycles. The third-order valence-corrected chi connectivity index (χ3v) is 16.7. The van der Waals surface area contributed by atoms with Crippen LogP contribution in [-0.2, 0) is 19.1 Å². The molecular weight excluding hydrogens is 1010 g/mol. The van der Waals surface area contributed by atoms with E-state index in [0.717, 1.165) is 85.0 Å². The Kier molecular flexibility index (Phi) is 16.4. The Balaban J connectivity index is 0.901. The number of methoxy groups -OCH3 is 2. The van der Waals surface area contributed by atoms with Crippen molar-refractivity contribution in [2.45, 2.75) is 121 Å². The molecule has 18 heteroatoms. The molecule has 416 valence electrons. The highest BCUT2D eigenvalue weighted by molar-refractivity contribution is 5.87. The second kappa shape index (κ2) is 23.7. The maximum Gasteiger partial charge on any atom is 0.407 e. The number of H-pyrrole nitrogens is 2. The lowest BCUT2D eigenvalue weighted by atomic mass is 9.89. The number of carbonyl (C=O) groups excluding carboxylic acids is 4. The van der Waals surface area contributed by atoms with Gasteiger partial charge in [-0.3, -0.25) is 9.59 Å². The lowest BCUT2D eigenvalue weighted by Crippen LogP contribution is -2.51. The zero-order valence-corrected chi connectivity index (χ0v) is 45.9. The number of nitrogens with zero attached hydrogens (tertiary/aromatic N) is 6. The maximum atomic E-state index is 16.7. The lowest BCUT2D eigenvalue weighted by molar-refractivity contribution is -0.136. The fourth-order valence-electron chi connectivity index (χ4n) is 12.5. The topological polar surface area (TPSA) is 181 Å². The standard InChI is InChI=1S/C61H72F2N10O6/c1-36(2)53(68-60(76)78-5)58(74)71-28-10-14-51(71)56-64-34-47(66-56)40-16-20-42(21-17-40)49-24-25-50(73(49)44-32-45(62)55(46(63)33-44)70-30-26-39(27-31-70)38-12-8-7-9-13-38)43-22-18-41(19-23-43)48-35-65-57(67-48)52-15-11-29-72(52)59(75)54(37(3)4)69-61(77)79-6/h7-9,12-13,16-23,32-37,39,49-54H,10-11,14-15,24-31H2,1-6H3,(H,64,66)(H,65,67)(H,68,76)(H,69,77)/t49-,50+,51-,52-,53-,54-/m0/s1. The van der Waals surface area contributed by atoms with Crippen molar-refractivity contribution < 1.29 is 37.4 Å². The van der Waals surface area contributed by atoms with Crippen molar-refractivity contribution in [1.29, 1.82) is 0 Å². The van der Waals surface area contributed by atoms with E-state index in [4.69, 9.17) is 19.4 Å². The number of carbonyl (C=O) groups is 4. The van der Waals surface area contributed by atoms with E-state index in [1.54, 1.807) is 22.2 Å². The normalized spacial score (nSPS) is 20.5. The Morgan fingerprint density at radius 3 is 1.43 bits per heavy atom. The molecule has 4 fully saturated rings. The van der Waals surface area contributed by atoms with Gasteiger partial charge in [0, 0.05) is 31.9 Å². The van der Waals surface area contributed by atoms with Crippen LogP contribution < -0.4 is 20.4 Å². The molecule has 4 aliphatic rings. The van der Waals surface area contributed by atoms with Crippen LogP contribution in [0.25, 0.3) is 22.5 Å². The molecule has 0 spiro atoms. The molecule has 0 unspecified atom stereocenters. The average molecular weight is 1080 g/mol. The highest BCUT2D eigenvalue weighted by Crippen LogP contribution is 2.49. The number of halogens is 2. The molecule has 10 rings (SSSR count). The van der Waals surface area contributed by atoms with Crippen LogP contribution in [0.1, 0.15) is 137 Å². The van der Waals surface area contributed by atoms with Crippen molar-refractivity contribution in [1.82, 2.24) is 40.4 Å². The van der Waals surface area contributed by atoms with Crippen LogP contribution in [0.5, 0.6) is 0 Å². The third kappa shape index (κ3) is 11.4. The molecule has 4 aromatic carbocycles. The van der Waals surface area contributed by atoms with E-state index < -0.39 is 35.9 Å². The first-order valence-electron chi connectivity index (χ1n) is 27.9. The Bertz CT molecular complexity index is 2930. The van der Waals surface area contributed by atoms with Gasteiger partial charge in [0.15, 0.2) is 11.6 Å². The van der Waals surface area contributed by atoms with Crippen LogP contribution >= 0.6 is 0 Å². The van der Waals surface area contributed by atoms with Crippen molar-refractivity contribution in [2.75, 3.05) is 50.2 Å². The fourth-order valence-corrected chi connectivity index (χ4v) is 12.5. The van der Waals surface area contributed by atoms with Gasteiger partial charge in [-0.2, -0.15) is 0 Å². The maximum absolute atomic E-state index is 16.7. The summed E-state index contributed by atoms with van der Waals surface area (Å²) in [6.07, 6.45) is 8.34. The van der Waals surface area contributed by atoms with Crippen LogP contribution in [0, 0.1) is 23.5 Å². The summed E-state index contributed by atoms with van der Waals surface area (Å²) < 4.78 is 43.1. The summed E-state index contributed by atoms with van der Waals surface area (Å²) in [6, 6.07) is 27.2. The Hall–Kier alpha value is -7.76. The zero-order chi connectivity index (χ0) is 55.5. The minimum absolute atomic E-state index is 0.0134. The molecule has 79 heavy (non-hydrogen) atoms. The number of amides is 4. The van der Waals surface area contributed by atoms with Gasteiger partial charge >= 0.3 is 12.2 Å². The number of imidazole rings is 2. The molecular formula is C61H72F2N10O6. The van der Waals surface area contributed by atoms with Gasteiger partial charge in [-0.1, -0.05) is 107 Å². The predicted molar refractivity (Wildman–Crippen MR) is 298 cm³/mol. The van der Waals surface area contributed by atoms with Gasteiger partial charge in [0.05, 0.1) is 62.2 Å². The SMILES string of the molecule is COC(=O)N[C@H](C(=O)N1CCC[C@H]1c1ncc(-c2ccc([C@H]3CC[C@@H](c4ccc(-c5cnc([C@@H]6CCCN6C(=O)[C@@H](NC(=O)OC)C(C)C)[nH]5)cc4)N3c3cc(F)c(N4CCC(c5ccccc5)CC4)c(F)c3)cc2)[nH]1)C(C)C. The number of anilines is 2. The minimum Gasteiger partial charge on any atom is -0.453 e. The van der Waals surface area contributed by atoms with E-state index >= 15 is 8.78 Å². The second-order valence-corrected chi connectivity index (χ2v) is 22.1. The molecule has 4 aliphatic heterocycles. The molecule has 4 amide bonds. The fraction of sp³-hybridized carbons (Fsp3) is 0.443. The summed E-state index contributed by atoms with van der Waals surface area (Å²) in [5.41, 5.74) is 7.07. The Labute approximate surface area is 460 Å². The Morgan fingerprint density at radius 2 is 1.01 bits per heavy atom. The van der Waals surface area contributed by atoms with Crippen molar-refractivity contribution in [3.8, 4) is 22.5 Å². The molecule has 0 radical (unpaired) electrons. The molecule has 16 nitrogen and oxygen atoms in total. The van der Waals surface area contributed by atoms with Gasteiger partial charge in [0.25, 0.3) is 0 Å². The van der Waals surface area contributed by atoms with Gasteiger partial charge in [-0.25, -0.2) is 28.3 Å². The largest absolute Gasteiger partial charge is 0.453 e. The highest BCUT2D eigenvalue weighted by Gasteiger charge is 2.41. The lowest BCUT2D eigenvalue weighted by Gasteiger charge is -2.36. The van der Waals surface area contributed by atoms with E-state index in [0.29, 0.717) is 49.4 Å². The molecule has 6 atom stereocenters. The number of hydrogen-bond acceptors (Lipinski definition) is 10. The quantitative estimate of drug-likeness (QED) is 0.0773. The van der Waals surface area contributed by atoms with Gasteiger partial charge < -0.3 is 49.7 Å². The number of benzene rings is 4. The number of rotatable bonds is 15. The highest BCUT2D eigenvalue weighted by atomic mass is 19.1. The van der Waals surface area contributed by atoms with Gasteiger partial charge in [-0.15, -0.1) is 0 Å². The number of nitrogens with one attached hydrogen (secondary N) is 4. The molecule has 0 bridgehead atoms. The molecule has 4 saturated heterocycles. The van der Waals surface area contributed by atoms with Crippen molar-refractivity contribution >= 4 is 35.4 Å². The van der Waals surface area contributed by atoms with Crippen molar-refractivity contribution in [3.05, 3.63) is 143 Å². The first kappa shape index (κ1) is 54.6. The minimum atomic E-state index is -0.743. The third-order valence-electron chi connectivity index (χ3n) is 16.7. The van der Waals surface area contributed by atoms with E-state index in [-0.39, 0.29) is 53.5 Å². The summed E-state index contributed by atoms with van der Waals surface area (Å²) in [4.78, 5) is 76.0. The summed E-state index contributed by atoms with van der Waals surface area (Å²) in [7, 11) is 2.56. The van der Waals surface area contributed by atoms with Crippen molar-refractivity contribution in [3.63, 3.8) is 0 Å². The molecule has 6 aromatic rings. The zero-order valence-electron chi connectivity index (χ0n) is 45.9. The number of aromatic amines is 2. The van der Waals surface area contributed by atoms with Crippen LogP contribution in [-0.4, -0.2) is 106 Å². The number of ether oxygens (including phenoxy) is 2. The van der Waals surface area contributed by atoms with Gasteiger partial charge in [0.1, 0.15) is 29.4 Å². The number of likely N-dealkylation sites (tertiary alicyclic amines) is 2. The van der Waals surface area contributed by atoms with E-state index in [1.807, 2.05) is 75.1 Å². The summed E-state index contributed by atoms with van der Waals surface area (Å²) in [5.74, 6) is -0.172. The number of alkyl carbamates (subject to hydrolysis) is 2. The number of aromatic nitrogens is 4. The van der Waals surface area contributed by atoms with E-state index in [2.05, 4.69) is 61.9 Å². The summed E-state index contributed by atoms with van der Waals surface area (Å²) >= 11 is 0. The van der Waals surface area contributed by atoms with E-state index in [1.165, 1.54) is 31.9 Å². The first-order valence-corrected chi connectivity index (χ1v) is 27.9. The van der Waals surface area contributed by atoms with Gasteiger partial charge in [-0.05, 0) is 109 Å². The second-order valence-electron chi connectivity index (χ2n) is 22.1. The van der Waals surface area contributed by atoms with Crippen LogP contribution in [0.15, 0.2) is 103 Å². The van der Waals surface area contributed by atoms with E-state index in [9.17, 15) is 19.2 Å². The monoisotopic (exact) mass is 1080 g/mol. The molecule has 2 aromatic heterocycles. The molecule has 4 N–H and O–H groups in total. The molecule has 0 saturated carbocycles. The number of hydrogen-bond donors (Lipinski definition) is 4. The predicted octanol–water partition coefficient (Wildman–Crippen LogP) is 11.3. The first-order chi connectivity index (χ1) is 38.2. The molecule has 0 aliphatic carbocycles. The van der Waals surface area contributed by atoms with Crippen LogP contribution in [0.4, 0.5) is 29.7 Å².